The van der Waals surface area contributed by atoms with Crippen LogP contribution in [0.3, 0.4) is 0 Å². The van der Waals surface area contributed by atoms with Crippen molar-refractivity contribution in [3.05, 3.63) is 23.8 Å². The van der Waals surface area contributed by atoms with Gasteiger partial charge in [0, 0.05) is 36.5 Å². The Morgan fingerprint density at radius 1 is 1.00 bits per heavy atom. The molecule has 3 rings (SSSR count). The monoisotopic (exact) mass is 288 g/mol. The summed E-state index contributed by atoms with van der Waals surface area (Å²) in [4.78, 5) is 27.4. The number of anilines is 2. The summed E-state index contributed by atoms with van der Waals surface area (Å²) in [7, 11) is 0. The summed E-state index contributed by atoms with van der Waals surface area (Å²) in [6, 6.07) is 5.97. The van der Waals surface area contributed by atoms with Gasteiger partial charge < -0.3 is 20.4 Å². The van der Waals surface area contributed by atoms with Gasteiger partial charge in [-0.1, -0.05) is 6.07 Å². The van der Waals surface area contributed by atoms with Crippen LogP contribution in [-0.4, -0.2) is 47.0 Å². The SMILES string of the molecule is Cc1c(NC(=O)N2CC2C)cccc1NC(=O)N1CC1C. The van der Waals surface area contributed by atoms with Gasteiger partial charge in [0.25, 0.3) is 0 Å². The predicted molar refractivity (Wildman–Crippen MR) is 81.6 cm³/mol. The lowest BCUT2D eigenvalue weighted by atomic mass is 10.1. The standard InChI is InChI=1S/C15H20N4O2/c1-9-7-18(9)14(20)16-12-5-4-6-13(11(12)3)17-15(21)19-8-10(19)2/h4-6,9-10H,7-8H2,1-3H3,(H,16,20)(H,17,21). The lowest BCUT2D eigenvalue weighted by Gasteiger charge is -2.14. The smallest absolute Gasteiger partial charge is 0.318 e. The molecule has 21 heavy (non-hydrogen) atoms. The Morgan fingerprint density at radius 3 is 1.71 bits per heavy atom. The highest BCUT2D eigenvalue weighted by Crippen LogP contribution is 2.27. The molecule has 6 heteroatoms. The zero-order chi connectivity index (χ0) is 15.1. The Balaban J connectivity index is 1.69. The number of rotatable bonds is 2. The van der Waals surface area contributed by atoms with E-state index >= 15 is 0 Å². The zero-order valence-corrected chi connectivity index (χ0v) is 12.5. The molecule has 0 spiro atoms. The maximum atomic E-state index is 12.0. The molecule has 4 amide bonds. The molecule has 0 aliphatic carbocycles. The van der Waals surface area contributed by atoms with Crippen molar-refractivity contribution in [1.29, 1.82) is 0 Å². The molecule has 2 aliphatic rings. The summed E-state index contributed by atoms with van der Waals surface area (Å²) in [6.45, 7) is 7.51. The first-order valence-corrected chi connectivity index (χ1v) is 7.22. The van der Waals surface area contributed by atoms with Crippen LogP contribution in [0.15, 0.2) is 18.2 Å². The molecule has 2 N–H and O–H groups in total. The third-order valence-electron chi connectivity index (χ3n) is 4.06. The fourth-order valence-corrected chi connectivity index (χ4v) is 2.32. The highest BCUT2D eigenvalue weighted by atomic mass is 16.2. The second-order valence-corrected chi connectivity index (χ2v) is 5.84. The molecule has 0 aromatic heterocycles. The third-order valence-corrected chi connectivity index (χ3v) is 4.06. The molecule has 1 aromatic carbocycles. The Morgan fingerprint density at radius 2 is 1.38 bits per heavy atom. The minimum atomic E-state index is -0.0892. The first-order valence-electron chi connectivity index (χ1n) is 7.22. The van der Waals surface area contributed by atoms with Crippen molar-refractivity contribution in [3.63, 3.8) is 0 Å². The van der Waals surface area contributed by atoms with Crippen molar-refractivity contribution in [2.45, 2.75) is 32.9 Å². The lowest BCUT2D eigenvalue weighted by Crippen LogP contribution is -2.22. The van der Waals surface area contributed by atoms with Crippen molar-refractivity contribution in [2.24, 2.45) is 0 Å². The fraction of sp³-hybridized carbons (Fsp3) is 0.467. The summed E-state index contributed by atoms with van der Waals surface area (Å²) in [6.07, 6.45) is 0. The van der Waals surface area contributed by atoms with Crippen molar-refractivity contribution < 1.29 is 9.59 Å². The van der Waals surface area contributed by atoms with Crippen LogP contribution < -0.4 is 10.6 Å². The fourth-order valence-electron chi connectivity index (χ4n) is 2.32. The molecular formula is C15H20N4O2. The van der Waals surface area contributed by atoms with Crippen molar-refractivity contribution in [1.82, 2.24) is 9.80 Å². The number of nitrogens with zero attached hydrogens (tertiary/aromatic N) is 2. The maximum Gasteiger partial charge on any atom is 0.322 e. The minimum absolute atomic E-state index is 0.0892. The first kappa shape index (κ1) is 13.7. The number of benzene rings is 1. The van der Waals surface area contributed by atoms with E-state index in [0.717, 1.165) is 30.0 Å². The number of amides is 4. The van der Waals surface area contributed by atoms with Crippen molar-refractivity contribution in [2.75, 3.05) is 23.7 Å². The van der Waals surface area contributed by atoms with Gasteiger partial charge in [-0.25, -0.2) is 9.59 Å². The van der Waals surface area contributed by atoms with Gasteiger partial charge in [0.05, 0.1) is 0 Å². The van der Waals surface area contributed by atoms with Crippen LogP contribution in [0.1, 0.15) is 19.4 Å². The van der Waals surface area contributed by atoms with Crippen LogP contribution in [-0.2, 0) is 0 Å². The van der Waals surface area contributed by atoms with Gasteiger partial charge in [-0.15, -0.1) is 0 Å². The molecule has 112 valence electrons. The van der Waals surface area contributed by atoms with Gasteiger partial charge in [0.2, 0.25) is 0 Å². The van der Waals surface area contributed by atoms with Crippen LogP contribution >= 0.6 is 0 Å². The van der Waals surface area contributed by atoms with E-state index in [2.05, 4.69) is 10.6 Å². The number of urea groups is 2. The molecule has 2 atom stereocenters. The molecule has 0 saturated carbocycles. The van der Waals surface area contributed by atoms with Gasteiger partial charge >= 0.3 is 12.1 Å². The number of hydrogen-bond acceptors (Lipinski definition) is 2. The molecule has 2 fully saturated rings. The second kappa shape index (κ2) is 4.95. The Kier molecular flexibility index (Phi) is 3.23. The van der Waals surface area contributed by atoms with Crippen LogP contribution in [0.4, 0.5) is 21.0 Å². The molecule has 2 heterocycles. The third kappa shape index (κ3) is 2.79. The average molecular weight is 288 g/mol. The molecule has 0 bridgehead atoms. The number of carbonyl (C=O) groups is 2. The summed E-state index contributed by atoms with van der Waals surface area (Å²) >= 11 is 0. The van der Waals surface area contributed by atoms with Gasteiger partial charge in [-0.05, 0) is 38.5 Å². The summed E-state index contributed by atoms with van der Waals surface area (Å²) < 4.78 is 0. The largest absolute Gasteiger partial charge is 0.322 e. The number of nitrogens with one attached hydrogen (secondary N) is 2. The normalized spacial score (nSPS) is 22.8. The zero-order valence-electron chi connectivity index (χ0n) is 12.5. The number of hydrogen-bond donors (Lipinski definition) is 2. The van der Waals surface area contributed by atoms with E-state index in [1.165, 1.54) is 0 Å². The van der Waals surface area contributed by atoms with Crippen molar-refractivity contribution in [3.8, 4) is 0 Å². The van der Waals surface area contributed by atoms with Crippen LogP contribution in [0.2, 0.25) is 0 Å². The first-order chi connectivity index (χ1) is 9.97. The highest BCUT2D eigenvalue weighted by molar-refractivity contribution is 5.96. The van der Waals surface area contributed by atoms with E-state index < -0.39 is 0 Å². The predicted octanol–water partition coefficient (Wildman–Crippen LogP) is 2.47. The van der Waals surface area contributed by atoms with Gasteiger partial charge in [0.15, 0.2) is 0 Å². The number of carbonyl (C=O) groups excluding carboxylic acids is 2. The highest BCUT2D eigenvalue weighted by Gasteiger charge is 2.35. The topological polar surface area (TPSA) is 64.2 Å². The van der Waals surface area contributed by atoms with E-state index in [0.29, 0.717) is 12.1 Å². The van der Waals surface area contributed by atoms with Crippen LogP contribution in [0.25, 0.3) is 0 Å². The molecule has 2 aliphatic heterocycles. The van der Waals surface area contributed by atoms with E-state index in [1.54, 1.807) is 9.80 Å². The van der Waals surface area contributed by atoms with Gasteiger partial charge in [0.1, 0.15) is 0 Å². The molecule has 2 saturated heterocycles. The van der Waals surface area contributed by atoms with Gasteiger partial charge in [-0.2, -0.15) is 0 Å². The minimum Gasteiger partial charge on any atom is -0.318 e. The maximum absolute atomic E-state index is 12.0. The molecular weight excluding hydrogens is 268 g/mol. The van der Waals surface area contributed by atoms with E-state index in [-0.39, 0.29) is 12.1 Å². The second-order valence-electron chi connectivity index (χ2n) is 5.84. The summed E-state index contributed by atoms with van der Waals surface area (Å²) in [5.41, 5.74) is 2.33. The summed E-state index contributed by atoms with van der Waals surface area (Å²) in [5, 5.41) is 5.78. The lowest BCUT2D eigenvalue weighted by molar-refractivity contribution is 0.239. The van der Waals surface area contributed by atoms with Crippen LogP contribution in [0, 0.1) is 6.92 Å². The van der Waals surface area contributed by atoms with E-state index in [1.807, 2.05) is 39.0 Å². The van der Waals surface area contributed by atoms with Crippen LogP contribution in [0.5, 0.6) is 0 Å². The molecule has 6 nitrogen and oxygen atoms in total. The Hall–Kier alpha value is -2.24. The molecule has 1 aromatic rings. The quantitative estimate of drug-likeness (QED) is 0.821. The van der Waals surface area contributed by atoms with E-state index in [9.17, 15) is 9.59 Å². The average Bonchev–Trinajstić information content (AvgIpc) is 3.33. The Labute approximate surface area is 124 Å². The van der Waals surface area contributed by atoms with Gasteiger partial charge in [-0.3, -0.25) is 0 Å². The van der Waals surface area contributed by atoms with Crippen molar-refractivity contribution >= 4 is 23.4 Å². The Bertz CT molecular complexity index is 553. The summed E-state index contributed by atoms with van der Waals surface area (Å²) in [5.74, 6) is 0. The molecule has 2 unspecified atom stereocenters. The van der Waals surface area contributed by atoms with E-state index in [4.69, 9.17) is 0 Å². The molecule has 0 radical (unpaired) electrons.